The zero-order valence-electron chi connectivity index (χ0n) is 10.6. The minimum absolute atomic E-state index is 0.237. The van der Waals surface area contributed by atoms with E-state index in [4.69, 9.17) is 4.74 Å². The number of esters is 1. The van der Waals surface area contributed by atoms with Gasteiger partial charge in [0, 0.05) is 5.57 Å². The van der Waals surface area contributed by atoms with Crippen molar-refractivity contribution in [2.45, 2.75) is 40.0 Å². The zero-order valence-corrected chi connectivity index (χ0v) is 10.6. The lowest BCUT2D eigenvalue weighted by Crippen LogP contribution is -2.53. The molecule has 2 nitrogen and oxygen atoms in total. The molecule has 0 amide bonds. The van der Waals surface area contributed by atoms with Crippen LogP contribution in [0, 0.1) is 23.2 Å². The van der Waals surface area contributed by atoms with Crippen molar-refractivity contribution in [2.24, 2.45) is 23.2 Å². The highest BCUT2D eigenvalue weighted by Crippen LogP contribution is 2.61. The molecule has 3 atom stereocenters. The molecule has 0 aromatic rings. The summed E-state index contributed by atoms with van der Waals surface area (Å²) in [5.74, 6) is 2.00. The minimum atomic E-state index is -0.237. The summed E-state index contributed by atoms with van der Waals surface area (Å²) >= 11 is 0. The summed E-state index contributed by atoms with van der Waals surface area (Å²) in [7, 11) is 0. The molecule has 1 unspecified atom stereocenters. The smallest absolute Gasteiger partial charge is 0.333 e. The highest BCUT2D eigenvalue weighted by Gasteiger charge is 2.54. The first-order valence-electron chi connectivity index (χ1n) is 6.25. The van der Waals surface area contributed by atoms with Gasteiger partial charge < -0.3 is 4.74 Å². The second-order valence-electron chi connectivity index (χ2n) is 6.08. The van der Waals surface area contributed by atoms with Gasteiger partial charge in [-0.1, -0.05) is 20.4 Å². The standard InChI is InChI=1S/C14H22O2/c1-9(2)13(15)16-8-10-5-6-11-7-12(10)14(11,3)4/h10-12H,1,5-8H2,2-4H3/t10-,11-,12?/m0/s1. The Morgan fingerprint density at radius 3 is 2.62 bits per heavy atom. The maximum atomic E-state index is 11.3. The molecule has 16 heavy (non-hydrogen) atoms. The molecule has 3 aliphatic rings. The van der Waals surface area contributed by atoms with E-state index in [2.05, 4.69) is 20.4 Å². The molecule has 2 heteroatoms. The number of rotatable bonds is 3. The molecule has 0 saturated heterocycles. The van der Waals surface area contributed by atoms with Crippen molar-refractivity contribution in [1.29, 1.82) is 0 Å². The molecule has 3 fully saturated rings. The summed E-state index contributed by atoms with van der Waals surface area (Å²) in [5.41, 5.74) is 0.972. The first-order chi connectivity index (χ1) is 7.43. The van der Waals surface area contributed by atoms with Gasteiger partial charge in [-0.3, -0.25) is 0 Å². The molecule has 3 rings (SSSR count). The topological polar surface area (TPSA) is 26.3 Å². The van der Waals surface area contributed by atoms with Crippen LogP contribution < -0.4 is 0 Å². The van der Waals surface area contributed by atoms with Crippen molar-refractivity contribution in [3.8, 4) is 0 Å². The molecule has 0 aromatic heterocycles. The Morgan fingerprint density at radius 1 is 1.44 bits per heavy atom. The van der Waals surface area contributed by atoms with E-state index in [1.807, 2.05) is 0 Å². The van der Waals surface area contributed by atoms with E-state index in [-0.39, 0.29) is 5.97 Å². The van der Waals surface area contributed by atoms with Crippen LogP contribution in [0.4, 0.5) is 0 Å². The van der Waals surface area contributed by atoms with Gasteiger partial charge in [0.05, 0.1) is 6.61 Å². The van der Waals surface area contributed by atoms with E-state index in [0.717, 1.165) is 11.8 Å². The molecule has 0 aliphatic heterocycles. The number of hydrogen-bond donors (Lipinski definition) is 0. The summed E-state index contributed by atoms with van der Waals surface area (Å²) in [5, 5.41) is 0. The predicted octanol–water partition coefficient (Wildman–Crippen LogP) is 3.18. The van der Waals surface area contributed by atoms with E-state index < -0.39 is 0 Å². The molecule has 3 aliphatic carbocycles. The Bertz CT molecular complexity index is 315. The Morgan fingerprint density at radius 2 is 2.12 bits per heavy atom. The molecular formula is C14H22O2. The monoisotopic (exact) mass is 222 g/mol. The summed E-state index contributed by atoms with van der Waals surface area (Å²) < 4.78 is 5.29. The summed E-state index contributed by atoms with van der Waals surface area (Å²) in [4.78, 5) is 11.3. The van der Waals surface area contributed by atoms with Gasteiger partial charge >= 0.3 is 5.97 Å². The fraction of sp³-hybridized carbons (Fsp3) is 0.786. The zero-order chi connectivity index (χ0) is 11.9. The van der Waals surface area contributed by atoms with E-state index in [1.54, 1.807) is 6.92 Å². The van der Waals surface area contributed by atoms with Crippen molar-refractivity contribution in [2.75, 3.05) is 6.61 Å². The van der Waals surface area contributed by atoms with Gasteiger partial charge in [0.15, 0.2) is 0 Å². The van der Waals surface area contributed by atoms with Crippen LogP contribution in [0.1, 0.15) is 40.0 Å². The highest BCUT2D eigenvalue weighted by molar-refractivity contribution is 5.86. The van der Waals surface area contributed by atoms with E-state index in [9.17, 15) is 4.79 Å². The molecule has 0 spiro atoms. The fourth-order valence-electron chi connectivity index (χ4n) is 3.47. The molecule has 0 heterocycles. The minimum Gasteiger partial charge on any atom is -0.462 e. The molecule has 0 radical (unpaired) electrons. The van der Waals surface area contributed by atoms with E-state index in [0.29, 0.717) is 23.5 Å². The number of hydrogen-bond acceptors (Lipinski definition) is 2. The van der Waals surface area contributed by atoms with Crippen LogP contribution in [-0.4, -0.2) is 12.6 Å². The third-order valence-corrected chi connectivity index (χ3v) is 4.78. The maximum Gasteiger partial charge on any atom is 0.333 e. The average Bonchev–Trinajstić information content (AvgIpc) is 2.25. The molecular weight excluding hydrogens is 200 g/mol. The largest absolute Gasteiger partial charge is 0.462 e. The first-order valence-corrected chi connectivity index (χ1v) is 6.25. The number of ether oxygens (including phenoxy) is 1. The third-order valence-electron chi connectivity index (χ3n) is 4.78. The highest BCUT2D eigenvalue weighted by atomic mass is 16.5. The normalized spacial score (nSPS) is 35.1. The lowest BCUT2D eigenvalue weighted by Gasteiger charge is -2.60. The van der Waals surface area contributed by atoms with Gasteiger partial charge in [0.1, 0.15) is 0 Å². The third kappa shape index (κ3) is 1.79. The Kier molecular flexibility index (Phi) is 2.85. The number of fused-ring (bicyclic) bond motifs is 2. The SMILES string of the molecule is C=C(C)C(=O)OC[C@@H]1CC[C@H]2CC1C2(C)C. The van der Waals surface area contributed by atoms with Crippen molar-refractivity contribution >= 4 is 5.97 Å². The van der Waals surface area contributed by atoms with Crippen LogP contribution in [-0.2, 0) is 9.53 Å². The Balaban J connectivity index is 1.87. The van der Waals surface area contributed by atoms with Gasteiger partial charge in [-0.2, -0.15) is 0 Å². The van der Waals surface area contributed by atoms with Crippen LogP contribution in [0.5, 0.6) is 0 Å². The van der Waals surface area contributed by atoms with Crippen molar-refractivity contribution < 1.29 is 9.53 Å². The Labute approximate surface area is 98.1 Å². The quantitative estimate of drug-likeness (QED) is 0.541. The first kappa shape index (κ1) is 11.7. The predicted molar refractivity (Wildman–Crippen MR) is 63.9 cm³/mol. The molecule has 2 bridgehead atoms. The van der Waals surface area contributed by atoms with Gasteiger partial charge in [-0.15, -0.1) is 0 Å². The van der Waals surface area contributed by atoms with Crippen LogP contribution in [0.15, 0.2) is 12.2 Å². The lowest BCUT2D eigenvalue weighted by atomic mass is 9.46. The van der Waals surface area contributed by atoms with Gasteiger partial charge in [0.2, 0.25) is 0 Å². The second kappa shape index (κ2) is 3.90. The van der Waals surface area contributed by atoms with Crippen molar-refractivity contribution in [1.82, 2.24) is 0 Å². The van der Waals surface area contributed by atoms with Crippen LogP contribution in [0.2, 0.25) is 0 Å². The lowest BCUT2D eigenvalue weighted by molar-refractivity contribution is -0.152. The Hall–Kier alpha value is -0.790. The van der Waals surface area contributed by atoms with E-state index in [1.165, 1.54) is 19.3 Å². The van der Waals surface area contributed by atoms with Crippen LogP contribution in [0.25, 0.3) is 0 Å². The van der Waals surface area contributed by atoms with Crippen LogP contribution >= 0.6 is 0 Å². The summed E-state index contributed by atoms with van der Waals surface area (Å²) in [6, 6.07) is 0. The van der Waals surface area contributed by atoms with Gasteiger partial charge in [-0.05, 0) is 49.4 Å². The van der Waals surface area contributed by atoms with Gasteiger partial charge in [0.25, 0.3) is 0 Å². The molecule has 90 valence electrons. The molecule has 0 N–H and O–H groups in total. The van der Waals surface area contributed by atoms with Crippen LogP contribution in [0.3, 0.4) is 0 Å². The van der Waals surface area contributed by atoms with Crippen molar-refractivity contribution in [3.63, 3.8) is 0 Å². The number of carbonyl (C=O) groups excluding carboxylic acids is 1. The average molecular weight is 222 g/mol. The molecule has 3 saturated carbocycles. The van der Waals surface area contributed by atoms with Crippen molar-refractivity contribution in [3.05, 3.63) is 12.2 Å². The van der Waals surface area contributed by atoms with Gasteiger partial charge in [-0.25, -0.2) is 4.79 Å². The second-order valence-corrected chi connectivity index (χ2v) is 6.08. The fourth-order valence-corrected chi connectivity index (χ4v) is 3.47. The number of carbonyl (C=O) groups is 1. The molecule has 0 aromatic carbocycles. The summed E-state index contributed by atoms with van der Waals surface area (Å²) in [6.07, 6.45) is 3.86. The van der Waals surface area contributed by atoms with E-state index >= 15 is 0 Å². The summed E-state index contributed by atoms with van der Waals surface area (Å²) in [6.45, 7) is 10.6. The maximum absolute atomic E-state index is 11.3.